The van der Waals surface area contributed by atoms with Crippen molar-refractivity contribution in [1.82, 2.24) is 0 Å². The fourth-order valence-electron chi connectivity index (χ4n) is 1.20. The lowest BCUT2D eigenvalue weighted by atomic mass is 10.2. The lowest BCUT2D eigenvalue weighted by Gasteiger charge is -2.09. The molecule has 0 aliphatic rings. The molecule has 0 aromatic heterocycles. The molecule has 0 aliphatic carbocycles. The van der Waals surface area contributed by atoms with Crippen molar-refractivity contribution < 1.29 is 24.1 Å². The highest BCUT2D eigenvalue weighted by Gasteiger charge is 2.10. The summed E-state index contributed by atoms with van der Waals surface area (Å²) in [7, 11) is 1.50. The molecule has 1 aromatic carbocycles. The first-order chi connectivity index (χ1) is 8.17. The number of methoxy groups -OCH3 is 1. The molecule has 0 radical (unpaired) electrons. The third kappa shape index (κ3) is 4.32. The first-order valence-electron chi connectivity index (χ1n) is 5.27. The number of rotatable bonds is 5. The van der Waals surface area contributed by atoms with E-state index in [0.717, 1.165) is 5.56 Å². The number of hydrogen-bond donors (Lipinski definition) is 1. The fourth-order valence-corrected chi connectivity index (χ4v) is 1.20. The third-order valence-corrected chi connectivity index (χ3v) is 2.03. The maximum absolute atomic E-state index is 11.3. The quantitative estimate of drug-likeness (QED) is 0.483. The summed E-state index contributed by atoms with van der Waals surface area (Å²) in [6.45, 7) is 2.01. The second-order valence-electron chi connectivity index (χ2n) is 3.43. The number of carbonyl (C=O) groups is 1. The van der Waals surface area contributed by atoms with E-state index in [2.05, 4.69) is 0 Å². The number of hydrogen-bond acceptors (Lipinski definition) is 5. The average molecular weight is 240 g/mol. The van der Waals surface area contributed by atoms with Gasteiger partial charge in [0.2, 0.25) is 0 Å². The van der Waals surface area contributed by atoms with Gasteiger partial charge in [0.05, 0.1) is 13.7 Å². The molecular weight excluding hydrogens is 224 g/mol. The number of aliphatic hydroxyl groups excluding tert-OH is 1. The van der Waals surface area contributed by atoms with Gasteiger partial charge in [-0.15, -0.1) is 0 Å². The Morgan fingerprint density at radius 1 is 1.35 bits per heavy atom. The van der Waals surface area contributed by atoms with Crippen molar-refractivity contribution in [3.63, 3.8) is 0 Å². The minimum absolute atomic E-state index is 0.0267. The molecule has 0 saturated carbocycles. The lowest BCUT2D eigenvalue weighted by Crippen LogP contribution is -2.12. The van der Waals surface area contributed by atoms with Crippen molar-refractivity contribution in [2.45, 2.75) is 13.3 Å². The van der Waals surface area contributed by atoms with Crippen molar-refractivity contribution in [2.24, 2.45) is 0 Å². The summed E-state index contributed by atoms with van der Waals surface area (Å²) >= 11 is 0. The average Bonchev–Trinajstić information content (AvgIpc) is 2.32. The van der Waals surface area contributed by atoms with Crippen molar-refractivity contribution in [1.29, 1.82) is 0 Å². The Kier molecular flexibility index (Phi) is 5.29. The van der Waals surface area contributed by atoms with Crippen molar-refractivity contribution in [3.8, 4) is 11.5 Å². The first kappa shape index (κ1) is 13.3. The van der Waals surface area contributed by atoms with E-state index in [4.69, 9.17) is 19.3 Å². The second-order valence-corrected chi connectivity index (χ2v) is 3.43. The molecule has 0 amide bonds. The summed E-state index contributed by atoms with van der Waals surface area (Å²) in [6.07, 6.45) is -0.416. The van der Waals surface area contributed by atoms with Gasteiger partial charge in [-0.25, -0.2) is 4.79 Å². The van der Waals surface area contributed by atoms with Crippen LogP contribution in [0.1, 0.15) is 12.0 Å². The first-order valence-corrected chi connectivity index (χ1v) is 5.27. The molecule has 0 atom stereocenters. The van der Waals surface area contributed by atoms with Gasteiger partial charge in [-0.1, -0.05) is 6.07 Å². The van der Waals surface area contributed by atoms with E-state index in [0.29, 0.717) is 17.9 Å². The molecule has 0 aliphatic heterocycles. The van der Waals surface area contributed by atoms with Gasteiger partial charge in [0.25, 0.3) is 0 Å². The molecule has 0 unspecified atom stereocenters. The highest BCUT2D eigenvalue weighted by atomic mass is 16.7. The van der Waals surface area contributed by atoms with E-state index in [1.165, 1.54) is 7.11 Å². The minimum Gasteiger partial charge on any atom is -0.493 e. The summed E-state index contributed by atoms with van der Waals surface area (Å²) in [5, 5.41) is 8.53. The summed E-state index contributed by atoms with van der Waals surface area (Å²) in [5.41, 5.74) is 1.00. The van der Waals surface area contributed by atoms with Crippen LogP contribution in [0, 0.1) is 6.92 Å². The molecule has 17 heavy (non-hydrogen) atoms. The maximum atomic E-state index is 11.3. The van der Waals surface area contributed by atoms with Crippen LogP contribution < -0.4 is 9.47 Å². The molecule has 1 N–H and O–H groups in total. The van der Waals surface area contributed by atoms with E-state index >= 15 is 0 Å². The van der Waals surface area contributed by atoms with Crippen LogP contribution in [0.3, 0.4) is 0 Å². The predicted octanol–water partition coefficient (Wildman–Crippen LogP) is 1.90. The van der Waals surface area contributed by atoms with E-state index in [1.54, 1.807) is 18.2 Å². The van der Waals surface area contributed by atoms with Gasteiger partial charge in [0.15, 0.2) is 11.5 Å². The van der Waals surface area contributed by atoms with Gasteiger partial charge in [0, 0.05) is 13.0 Å². The van der Waals surface area contributed by atoms with Gasteiger partial charge in [0.1, 0.15) is 0 Å². The van der Waals surface area contributed by atoms with E-state index in [-0.39, 0.29) is 13.2 Å². The van der Waals surface area contributed by atoms with Gasteiger partial charge in [-0.05, 0) is 24.6 Å². The smallest absolute Gasteiger partial charge is 0.493 e. The molecule has 5 nitrogen and oxygen atoms in total. The highest BCUT2D eigenvalue weighted by molar-refractivity contribution is 5.65. The topological polar surface area (TPSA) is 65.0 Å². The zero-order valence-electron chi connectivity index (χ0n) is 9.93. The molecule has 94 valence electrons. The van der Waals surface area contributed by atoms with Crippen molar-refractivity contribution in [3.05, 3.63) is 23.8 Å². The Balaban J connectivity index is 2.58. The summed E-state index contributed by atoms with van der Waals surface area (Å²) in [6, 6.07) is 5.21. The lowest BCUT2D eigenvalue weighted by molar-refractivity contribution is 0.0914. The van der Waals surface area contributed by atoms with Crippen LogP contribution in [0.5, 0.6) is 11.5 Å². The van der Waals surface area contributed by atoms with Crippen LogP contribution in [-0.2, 0) is 4.74 Å². The largest absolute Gasteiger partial charge is 0.513 e. The Morgan fingerprint density at radius 2 is 2.12 bits per heavy atom. The number of ether oxygens (including phenoxy) is 3. The molecule has 0 heterocycles. The van der Waals surface area contributed by atoms with Crippen LogP contribution in [0.2, 0.25) is 0 Å². The molecule has 0 fully saturated rings. The van der Waals surface area contributed by atoms with E-state index < -0.39 is 6.16 Å². The second kappa shape index (κ2) is 6.75. The summed E-state index contributed by atoms with van der Waals surface area (Å²) in [5.74, 6) is 0.788. The zero-order valence-corrected chi connectivity index (χ0v) is 9.93. The van der Waals surface area contributed by atoms with Gasteiger partial charge < -0.3 is 19.3 Å². The standard InChI is InChI=1S/C12H16O5/c1-9-4-5-10(11(8-9)15-2)17-12(14)16-7-3-6-13/h4-5,8,13H,3,6-7H2,1-2H3. The van der Waals surface area contributed by atoms with Gasteiger partial charge >= 0.3 is 6.16 Å². The van der Waals surface area contributed by atoms with Gasteiger partial charge in [-0.2, -0.15) is 0 Å². The van der Waals surface area contributed by atoms with Crippen molar-refractivity contribution >= 4 is 6.16 Å². The highest BCUT2D eigenvalue weighted by Crippen LogP contribution is 2.27. The molecule has 1 rings (SSSR count). The third-order valence-electron chi connectivity index (χ3n) is 2.03. The molecule has 1 aromatic rings. The number of benzene rings is 1. The minimum atomic E-state index is -0.805. The van der Waals surface area contributed by atoms with Crippen LogP contribution >= 0.6 is 0 Å². The van der Waals surface area contributed by atoms with E-state index in [1.807, 2.05) is 6.92 Å². The van der Waals surface area contributed by atoms with Crippen LogP contribution in [-0.4, -0.2) is 31.6 Å². The van der Waals surface area contributed by atoms with Crippen LogP contribution in [0.15, 0.2) is 18.2 Å². The normalized spacial score (nSPS) is 9.82. The maximum Gasteiger partial charge on any atom is 0.513 e. The van der Waals surface area contributed by atoms with Crippen molar-refractivity contribution in [2.75, 3.05) is 20.3 Å². The molecule has 0 bridgehead atoms. The van der Waals surface area contributed by atoms with Crippen LogP contribution in [0.4, 0.5) is 4.79 Å². The molecule has 5 heteroatoms. The van der Waals surface area contributed by atoms with Crippen LogP contribution in [0.25, 0.3) is 0 Å². The zero-order chi connectivity index (χ0) is 12.7. The Labute approximate surface area is 99.9 Å². The van der Waals surface area contributed by atoms with Gasteiger partial charge in [-0.3, -0.25) is 0 Å². The molecule has 0 spiro atoms. The number of aliphatic hydroxyl groups is 1. The predicted molar refractivity (Wildman–Crippen MR) is 61.4 cm³/mol. The Hall–Kier alpha value is -1.75. The molecule has 0 saturated heterocycles. The fraction of sp³-hybridized carbons (Fsp3) is 0.417. The Bertz CT molecular complexity index is 375. The number of aryl methyl sites for hydroxylation is 1. The van der Waals surface area contributed by atoms with E-state index in [9.17, 15) is 4.79 Å². The summed E-state index contributed by atoms with van der Waals surface area (Å²) < 4.78 is 14.8. The summed E-state index contributed by atoms with van der Waals surface area (Å²) in [4.78, 5) is 11.3. The Morgan fingerprint density at radius 3 is 2.76 bits per heavy atom. The monoisotopic (exact) mass is 240 g/mol. The number of carbonyl (C=O) groups excluding carboxylic acids is 1. The SMILES string of the molecule is COc1cc(C)ccc1OC(=O)OCCCO. The molecular formula is C12H16O5.